The molecule has 0 saturated carbocycles. The van der Waals surface area contributed by atoms with Crippen molar-refractivity contribution in [1.29, 1.82) is 0 Å². The zero-order valence-electron chi connectivity index (χ0n) is 14.9. The monoisotopic (exact) mass is 340 g/mol. The molecule has 0 fully saturated rings. The van der Waals surface area contributed by atoms with Crippen LogP contribution in [-0.4, -0.2) is 36.2 Å². The van der Waals surface area contributed by atoms with Gasteiger partial charge in [-0.1, -0.05) is 0 Å². The van der Waals surface area contributed by atoms with Gasteiger partial charge in [-0.3, -0.25) is 0 Å². The predicted octanol–water partition coefficient (Wildman–Crippen LogP) is 6.10. The third kappa shape index (κ3) is 8.12. The van der Waals surface area contributed by atoms with Crippen LogP contribution in [0.4, 0.5) is 0 Å². The Kier molecular flexibility index (Phi) is 9.93. The van der Waals surface area contributed by atoms with Crippen molar-refractivity contribution in [2.75, 3.05) is 31.3 Å². The Labute approximate surface area is 132 Å². The van der Waals surface area contributed by atoms with Gasteiger partial charge in [-0.05, 0) is 0 Å². The van der Waals surface area contributed by atoms with Gasteiger partial charge in [0.2, 0.25) is 0 Å². The minimum absolute atomic E-state index is 0.326. The van der Waals surface area contributed by atoms with E-state index in [9.17, 15) is 9.46 Å². The summed E-state index contributed by atoms with van der Waals surface area (Å²) in [5.41, 5.74) is 0. The summed E-state index contributed by atoms with van der Waals surface area (Å²) >= 11 is 0. The molecule has 0 radical (unpaired) electrons. The van der Waals surface area contributed by atoms with Crippen LogP contribution in [0, 0.1) is 0 Å². The van der Waals surface area contributed by atoms with E-state index in [1.807, 2.05) is 0 Å². The molecule has 0 rings (SSSR count). The van der Waals surface area contributed by atoms with Gasteiger partial charge in [0.1, 0.15) is 0 Å². The van der Waals surface area contributed by atoms with E-state index >= 15 is 0 Å². The van der Waals surface area contributed by atoms with E-state index in [1.54, 1.807) is 0 Å². The summed E-state index contributed by atoms with van der Waals surface area (Å²) in [6, 6.07) is 0. The van der Waals surface area contributed by atoms with E-state index < -0.39 is 14.4 Å². The predicted molar refractivity (Wildman–Crippen MR) is 98.2 cm³/mol. The van der Waals surface area contributed by atoms with E-state index in [0.29, 0.717) is 6.16 Å². The topological polar surface area (TPSA) is 46.5 Å². The summed E-state index contributed by atoms with van der Waals surface area (Å²) in [5.74, 6) is 0. The van der Waals surface area contributed by atoms with Gasteiger partial charge in [0.25, 0.3) is 0 Å². The van der Waals surface area contributed by atoms with Gasteiger partial charge in [-0.2, -0.15) is 0 Å². The molecule has 0 spiro atoms. The molecule has 0 aromatic heterocycles. The quantitative estimate of drug-likeness (QED) is 0.326. The first-order valence-electron chi connectivity index (χ1n) is 8.79. The van der Waals surface area contributed by atoms with Gasteiger partial charge in [0.05, 0.1) is 0 Å². The number of rotatable bonds is 13. The van der Waals surface area contributed by atoms with Crippen LogP contribution in [0.2, 0.25) is 0 Å². The van der Waals surface area contributed by atoms with Gasteiger partial charge < -0.3 is 0 Å². The third-order valence-corrected chi connectivity index (χ3v) is 14.4. The molecular formula is C16H38O3P2. The van der Waals surface area contributed by atoms with Crippen LogP contribution in [0.25, 0.3) is 0 Å². The van der Waals surface area contributed by atoms with Crippen LogP contribution < -0.4 is 0 Å². The molecule has 0 amide bonds. The Morgan fingerprint density at radius 3 is 1.71 bits per heavy atom. The summed E-state index contributed by atoms with van der Waals surface area (Å²) in [5, 5.41) is 0. The van der Waals surface area contributed by atoms with Gasteiger partial charge in [-0.25, -0.2) is 0 Å². The molecule has 0 aromatic carbocycles. The first-order chi connectivity index (χ1) is 9.75. The van der Waals surface area contributed by atoms with E-state index in [-0.39, 0.29) is 0 Å². The fourth-order valence-electron chi connectivity index (χ4n) is 2.55. The van der Waals surface area contributed by atoms with Crippen LogP contribution in [0.3, 0.4) is 0 Å². The molecular weight excluding hydrogens is 302 g/mol. The summed E-state index contributed by atoms with van der Waals surface area (Å²) in [7, 11) is -3.43. The second-order valence-electron chi connectivity index (χ2n) is 6.70. The summed E-state index contributed by atoms with van der Waals surface area (Å²) in [6.45, 7) is 8.20. The second kappa shape index (κ2) is 9.66. The molecule has 0 aliphatic heterocycles. The molecule has 1 unspecified atom stereocenters. The van der Waals surface area contributed by atoms with Gasteiger partial charge >= 0.3 is 132 Å². The number of unbranched alkanes of at least 4 members (excludes halogenated alkanes) is 6. The Morgan fingerprint density at radius 2 is 1.29 bits per heavy atom. The Bertz CT molecular complexity index is 316. The standard InChI is InChI=1S/C16H38O3P2/c1-6-10-11-12-13-14-15-16-20(17,18)19-21(5,7-2,8-3)9-4/h6-16H2,1-5H3,(H,17,18). The number of hydrogen-bond donors (Lipinski definition) is 1. The first kappa shape index (κ1) is 21.6. The molecule has 3 nitrogen and oxygen atoms in total. The van der Waals surface area contributed by atoms with Crippen LogP contribution >= 0.6 is 14.4 Å². The van der Waals surface area contributed by atoms with E-state index in [0.717, 1.165) is 31.3 Å². The van der Waals surface area contributed by atoms with Crippen molar-refractivity contribution >= 4 is 14.4 Å². The molecule has 0 saturated heterocycles. The summed E-state index contributed by atoms with van der Waals surface area (Å²) < 4.78 is 18.4. The molecule has 0 bridgehead atoms. The van der Waals surface area contributed by atoms with Gasteiger partial charge in [-0.15, -0.1) is 0 Å². The van der Waals surface area contributed by atoms with Crippen molar-refractivity contribution in [3.05, 3.63) is 0 Å². The Hall–Kier alpha value is 0.580. The second-order valence-corrected chi connectivity index (χ2v) is 15.4. The van der Waals surface area contributed by atoms with Crippen LogP contribution in [-0.2, 0) is 8.88 Å². The molecule has 0 aliphatic carbocycles. The molecule has 1 atom stereocenters. The summed E-state index contributed by atoms with van der Waals surface area (Å²) in [6.07, 6.45) is 11.1. The van der Waals surface area contributed by atoms with E-state index in [4.69, 9.17) is 4.31 Å². The van der Waals surface area contributed by atoms with E-state index in [2.05, 4.69) is 34.4 Å². The first-order valence-corrected chi connectivity index (χ1v) is 13.7. The van der Waals surface area contributed by atoms with E-state index in [1.165, 1.54) is 32.1 Å². The Balaban J connectivity index is 4.22. The zero-order chi connectivity index (χ0) is 16.4. The van der Waals surface area contributed by atoms with Gasteiger partial charge in [0, 0.05) is 0 Å². The van der Waals surface area contributed by atoms with Crippen molar-refractivity contribution in [1.82, 2.24) is 0 Å². The van der Waals surface area contributed by atoms with Crippen LogP contribution in [0.15, 0.2) is 0 Å². The summed E-state index contributed by atoms with van der Waals surface area (Å²) in [4.78, 5) is 10.2. The van der Waals surface area contributed by atoms with Crippen molar-refractivity contribution in [2.45, 2.75) is 72.6 Å². The molecule has 5 heteroatoms. The fourth-order valence-corrected chi connectivity index (χ4v) is 9.41. The van der Waals surface area contributed by atoms with Crippen molar-refractivity contribution in [3.63, 3.8) is 0 Å². The number of hydrogen-bond acceptors (Lipinski definition) is 2. The molecule has 0 aliphatic rings. The average molecular weight is 340 g/mol. The molecule has 21 heavy (non-hydrogen) atoms. The maximum atomic E-state index is 12.4. The average Bonchev–Trinajstić information content (AvgIpc) is 2.46. The molecule has 0 aromatic rings. The Morgan fingerprint density at radius 1 is 0.857 bits per heavy atom. The van der Waals surface area contributed by atoms with Crippen LogP contribution in [0.5, 0.6) is 0 Å². The minimum atomic E-state index is -3.43. The fraction of sp³-hybridized carbons (Fsp3) is 1.00. The van der Waals surface area contributed by atoms with Gasteiger partial charge in [0.15, 0.2) is 0 Å². The van der Waals surface area contributed by atoms with Crippen molar-refractivity contribution in [2.24, 2.45) is 0 Å². The zero-order valence-corrected chi connectivity index (χ0v) is 16.7. The maximum absolute atomic E-state index is 12.4. The molecule has 130 valence electrons. The SMILES string of the molecule is CCCCCCCCCP(=O)(O)OP(C)(CC)(CC)CC. The third-order valence-electron chi connectivity index (χ3n) is 5.10. The molecule has 1 N–H and O–H groups in total. The van der Waals surface area contributed by atoms with Crippen molar-refractivity contribution < 1.29 is 13.8 Å². The normalized spacial score (nSPS) is 17.1. The van der Waals surface area contributed by atoms with Crippen molar-refractivity contribution in [3.8, 4) is 0 Å². The van der Waals surface area contributed by atoms with Crippen LogP contribution in [0.1, 0.15) is 72.6 Å². The molecule has 0 heterocycles.